The Balaban J connectivity index is 2.49. The van der Waals surface area contributed by atoms with E-state index in [1.165, 1.54) is 0 Å². The number of piperazine rings is 1. The number of nitrogens with one attached hydrogen (secondary N) is 1. The molecule has 10 heteroatoms. The molecular weight excluding hydrogens is 286 g/mol. The van der Waals surface area contributed by atoms with Gasteiger partial charge in [0.05, 0.1) is 0 Å². The van der Waals surface area contributed by atoms with Crippen LogP contribution in [0.1, 0.15) is 13.8 Å². The van der Waals surface area contributed by atoms with Gasteiger partial charge < -0.3 is 5.02 Å². The Bertz CT molecular complexity index is 439. The Kier molecular flexibility index (Phi) is 7.40. The van der Waals surface area contributed by atoms with Crippen molar-refractivity contribution < 1.29 is 19.3 Å². The molecule has 1 aliphatic rings. The average molecular weight is 308 g/mol. The third-order valence-electron chi connectivity index (χ3n) is 3.49. The molecule has 2 atom stereocenters. The normalized spacial score (nSPS) is 18.0. The molecule has 22 heavy (non-hydrogen) atoms. The van der Waals surface area contributed by atoms with Crippen molar-refractivity contribution in [2.45, 2.75) is 32.8 Å². The van der Waals surface area contributed by atoms with Gasteiger partial charge in [0.2, 0.25) is 0 Å². The predicted octanol–water partition coefficient (Wildman–Crippen LogP) is -1.79. The van der Waals surface area contributed by atoms with Gasteiger partial charge in [-0.15, -0.1) is 0 Å². The van der Waals surface area contributed by atoms with Gasteiger partial charge in [0.25, 0.3) is 0 Å². The van der Waals surface area contributed by atoms with Crippen molar-refractivity contribution >= 4 is 32.1 Å². The molecule has 1 saturated heterocycles. The predicted molar refractivity (Wildman–Crippen MR) is 84.0 cm³/mol. The van der Waals surface area contributed by atoms with E-state index in [0.29, 0.717) is 33.3 Å². The van der Waals surface area contributed by atoms with Crippen molar-refractivity contribution in [2.24, 2.45) is 4.99 Å². The average Bonchev–Trinajstić information content (AvgIpc) is 2.50. The summed E-state index contributed by atoms with van der Waals surface area (Å²) >= 11 is 0. The van der Waals surface area contributed by atoms with Crippen molar-refractivity contribution in [1.82, 2.24) is 15.0 Å². The van der Waals surface area contributed by atoms with E-state index in [9.17, 15) is 19.3 Å². The Labute approximate surface area is 131 Å². The van der Waals surface area contributed by atoms with Crippen LogP contribution in [0.5, 0.6) is 0 Å². The quantitative estimate of drug-likeness (QED) is 0.446. The zero-order valence-corrected chi connectivity index (χ0v) is 13.2. The summed E-state index contributed by atoms with van der Waals surface area (Å²) in [4.78, 5) is 31.4. The van der Waals surface area contributed by atoms with Gasteiger partial charge in [-0.2, -0.15) is 0 Å². The minimum atomic E-state index is -0.752. The molecule has 0 radical (unpaired) electrons. The zero-order chi connectivity index (χ0) is 16.7. The van der Waals surface area contributed by atoms with E-state index in [-0.39, 0.29) is 11.8 Å². The Morgan fingerprint density at radius 2 is 1.73 bits per heavy atom. The van der Waals surface area contributed by atoms with E-state index in [1.54, 1.807) is 30.5 Å². The first-order valence-electron chi connectivity index (χ1n) is 7.35. The van der Waals surface area contributed by atoms with Crippen molar-refractivity contribution in [3.63, 3.8) is 0 Å². The topological polar surface area (TPSA) is 102 Å². The van der Waals surface area contributed by atoms with Crippen LogP contribution >= 0.6 is 0 Å². The molecule has 1 rings (SSSR count). The third kappa shape index (κ3) is 5.34. The molecule has 0 saturated carbocycles. The molecule has 120 valence electrons. The summed E-state index contributed by atoms with van der Waals surface area (Å²) in [5.41, 5.74) is 0. The first-order chi connectivity index (χ1) is 10.4. The standard InChI is InChI=1S/C12H22B2N4O4/c1-9(15-8-13-21)11(19)17-4-6-18(7-5-17)12(20)10(2)16-14(3)22/h8-10,16,22H,4-7H2,1-3H3/b15-8-. The summed E-state index contributed by atoms with van der Waals surface area (Å²) in [7, 11) is -0.213. The summed E-state index contributed by atoms with van der Waals surface area (Å²) in [6.45, 7) is 6.65. The molecule has 2 N–H and O–H groups in total. The number of carbonyl (C=O) groups excluding carboxylic acids is 2. The second-order valence-electron chi connectivity index (χ2n) is 5.33. The van der Waals surface area contributed by atoms with Crippen LogP contribution in [0.25, 0.3) is 0 Å². The number of amides is 2. The van der Waals surface area contributed by atoms with E-state index >= 15 is 0 Å². The number of carbonyl (C=O) groups is 2. The third-order valence-corrected chi connectivity index (χ3v) is 3.49. The van der Waals surface area contributed by atoms with Gasteiger partial charge in [-0.1, -0.05) is 0 Å². The minimum absolute atomic E-state index is 0.0972. The molecule has 1 aliphatic heterocycles. The fourth-order valence-corrected chi connectivity index (χ4v) is 2.35. The van der Waals surface area contributed by atoms with Crippen molar-refractivity contribution in [3.8, 4) is 0 Å². The van der Waals surface area contributed by atoms with E-state index in [4.69, 9.17) is 0 Å². The summed E-state index contributed by atoms with van der Waals surface area (Å²) < 4.78 is 10.2. The van der Waals surface area contributed by atoms with E-state index in [1.807, 2.05) is 0 Å². The van der Waals surface area contributed by atoms with Gasteiger partial charge in [-0.3, -0.25) is 0 Å². The second kappa shape index (κ2) is 8.79. The Morgan fingerprint density at radius 3 is 2.18 bits per heavy atom. The summed E-state index contributed by atoms with van der Waals surface area (Å²) in [6.07, 6.45) is 1.08. The summed E-state index contributed by atoms with van der Waals surface area (Å²) in [5, 5.41) is 12.0. The zero-order valence-electron chi connectivity index (χ0n) is 13.2. The van der Waals surface area contributed by atoms with Gasteiger partial charge in [-0.05, 0) is 6.82 Å². The van der Waals surface area contributed by atoms with Gasteiger partial charge >= 0.3 is 119 Å². The molecule has 0 aliphatic carbocycles. The summed E-state index contributed by atoms with van der Waals surface area (Å²) in [6, 6.07) is -1.07. The van der Waals surface area contributed by atoms with Gasteiger partial charge in [0, 0.05) is 0 Å². The molecule has 0 bridgehead atoms. The molecule has 0 aromatic carbocycles. The maximum atomic E-state index is 12.2. The van der Waals surface area contributed by atoms with E-state index in [2.05, 4.69) is 10.2 Å². The SMILES string of the molecule is CB(O)NC(C)C(=O)N1CCN(C(=O)C(C)/N=C\B=O)CC1. The van der Waals surface area contributed by atoms with Crippen molar-refractivity contribution in [2.75, 3.05) is 26.2 Å². The van der Waals surface area contributed by atoms with Crippen LogP contribution in [0.15, 0.2) is 4.99 Å². The Hall–Kier alpha value is -1.54. The van der Waals surface area contributed by atoms with Crippen LogP contribution < -0.4 is 5.23 Å². The summed E-state index contributed by atoms with van der Waals surface area (Å²) in [5.74, 6) is -0.250. The van der Waals surface area contributed by atoms with E-state index < -0.39 is 19.1 Å². The fraction of sp³-hybridized carbons (Fsp3) is 0.750. The van der Waals surface area contributed by atoms with Crippen LogP contribution in [0, 0.1) is 0 Å². The number of aliphatic imine (C=N–C) groups is 1. The molecule has 0 aromatic rings. The number of rotatable bonds is 6. The van der Waals surface area contributed by atoms with E-state index in [0.717, 1.165) is 6.11 Å². The van der Waals surface area contributed by atoms with Crippen LogP contribution in [0.2, 0.25) is 6.82 Å². The monoisotopic (exact) mass is 308 g/mol. The van der Waals surface area contributed by atoms with Crippen molar-refractivity contribution in [3.05, 3.63) is 0 Å². The molecule has 2 unspecified atom stereocenters. The van der Waals surface area contributed by atoms with Gasteiger partial charge in [0.15, 0.2) is 0 Å². The number of hydrogen-bond acceptors (Lipinski definition) is 6. The fourth-order valence-electron chi connectivity index (χ4n) is 2.35. The molecule has 0 aromatic heterocycles. The first-order valence-corrected chi connectivity index (χ1v) is 7.35. The van der Waals surface area contributed by atoms with Crippen molar-refractivity contribution in [1.29, 1.82) is 0 Å². The molecule has 1 heterocycles. The van der Waals surface area contributed by atoms with Crippen LogP contribution in [0.4, 0.5) is 0 Å². The molecule has 8 nitrogen and oxygen atoms in total. The Morgan fingerprint density at radius 1 is 1.23 bits per heavy atom. The molecule has 1 fully saturated rings. The second-order valence-corrected chi connectivity index (χ2v) is 5.33. The molecular formula is C12H22B2N4O4. The van der Waals surface area contributed by atoms with Crippen LogP contribution in [-0.4, -0.2) is 85.2 Å². The number of nitrogens with zero attached hydrogens (tertiary/aromatic N) is 3. The molecule has 0 spiro atoms. The van der Waals surface area contributed by atoms with Crippen LogP contribution in [0.3, 0.4) is 0 Å². The molecule has 2 amide bonds. The maximum absolute atomic E-state index is 12.2. The van der Waals surface area contributed by atoms with Gasteiger partial charge in [-0.25, -0.2) is 0 Å². The first kappa shape index (κ1) is 18.5. The van der Waals surface area contributed by atoms with Crippen LogP contribution in [-0.2, 0) is 14.3 Å². The number of hydrogen-bond donors (Lipinski definition) is 2. The van der Waals surface area contributed by atoms with Gasteiger partial charge in [0.1, 0.15) is 0 Å².